The van der Waals surface area contributed by atoms with Gasteiger partial charge in [-0.3, -0.25) is 0 Å². The van der Waals surface area contributed by atoms with E-state index in [1.54, 1.807) is 0 Å². The number of hydrogen-bond donors (Lipinski definition) is 1. The van der Waals surface area contributed by atoms with Crippen molar-refractivity contribution in [1.29, 1.82) is 0 Å². The number of rotatable bonds is 3. The molecule has 1 aromatic rings. The van der Waals surface area contributed by atoms with E-state index in [1.807, 2.05) is 6.92 Å². The summed E-state index contributed by atoms with van der Waals surface area (Å²) in [5.41, 5.74) is 4.84. The summed E-state index contributed by atoms with van der Waals surface area (Å²) in [6.45, 7) is 17.6. The van der Waals surface area contributed by atoms with Gasteiger partial charge in [-0.05, 0) is 43.9 Å². The Morgan fingerprint density at radius 1 is 1.32 bits per heavy atom. The summed E-state index contributed by atoms with van der Waals surface area (Å²) in [6, 6.07) is 4.51. The van der Waals surface area contributed by atoms with Crippen molar-refractivity contribution in [3.05, 3.63) is 41.1 Å². The molecule has 1 heterocycles. The molecular formula is C17H25NO. The lowest BCUT2D eigenvalue weighted by molar-refractivity contribution is 0.0483. The summed E-state index contributed by atoms with van der Waals surface area (Å²) in [4.78, 5) is 0. The van der Waals surface area contributed by atoms with Crippen molar-refractivity contribution in [3.63, 3.8) is 0 Å². The first kappa shape index (κ1) is 14.0. The minimum Gasteiger partial charge on any atom is -0.482 e. The molecule has 104 valence electrons. The third kappa shape index (κ3) is 2.63. The molecule has 2 nitrogen and oxygen atoms in total. The predicted molar refractivity (Wildman–Crippen MR) is 80.4 cm³/mol. The van der Waals surface area contributed by atoms with Gasteiger partial charge in [0.05, 0.1) is 0 Å². The predicted octanol–water partition coefficient (Wildman–Crippen LogP) is 4.23. The summed E-state index contributed by atoms with van der Waals surface area (Å²) in [7, 11) is 0. The van der Waals surface area contributed by atoms with Crippen LogP contribution in [-0.2, 0) is 17.6 Å². The van der Waals surface area contributed by atoms with E-state index in [4.69, 9.17) is 4.74 Å². The number of allylic oxidation sites excluding steroid dienone is 1. The van der Waals surface area contributed by atoms with Crippen LogP contribution in [0.15, 0.2) is 24.4 Å². The molecule has 0 unspecified atom stereocenters. The Bertz CT molecular complexity index is 521. The number of hydrogen-bond acceptors (Lipinski definition) is 2. The lowest BCUT2D eigenvalue weighted by Crippen LogP contribution is -2.37. The van der Waals surface area contributed by atoms with Gasteiger partial charge in [0.25, 0.3) is 0 Å². The average Bonchev–Trinajstić information content (AvgIpc) is 2.24. The third-order valence-electron chi connectivity index (χ3n) is 3.56. The molecule has 1 N–H and O–H groups in total. The second-order valence-corrected chi connectivity index (χ2v) is 7.02. The molecule has 0 atom stereocenters. The fourth-order valence-electron chi connectivity index (χ4n) is 2.42. The van der Waals surface area contributed by atoms with E-state index >= 15 is 0 Å². The van der Waals surface area contributed by atoms with Gasteiger partial charge in [0.15, 0.2) is 0 Å². The highest BCUT2D eigenvalue weighted by Gasteiger charge is 2.40. The molecule has 0 aromatic heterocycles. The van der Waals surface area contributed by atoms with E-state index in [9.17, 15) is 0 Å². The van der Waals surface area contributed by atoms with Gasteiger partial charge >= 0.3 is 0 Å². The fourth-order valence-corrected chi connectivity index (χ4v) is 2.42. The van der Waals surface area contributed by atoms with Crippen molar-refractivity contribution in [1.82, 2.24) is 5.32 Å². The third-order valence-corrected chi connectivity index (χ3v) is 3.56. The molecule has 0 radical (unpaired) electrons. The SMILES string of the molecule is C=C(C)NCc1cc(C(C)(C)C)c2c(c1)C(C)(C)O2. The summed E-state index contributed by atoms with van der Waals surface area (Å²) < 4.78 is 5.97. The summed E-state index contributed by atoms with van der Waals surface area (Å²) in [6.07, 6.45) is 0. The minimum absolute atomic E-state index is 0.0970. The molecule has 0 spiro atoms. The molecule has 1 aliphatic heterocycles. The van der Waals surface area contributed by atoms with Crippen LogP contribution in [0.25, 0.3) is 0 Å². The first-order valence-electron chi connectivity index (χ1n) is 6.87. The molecule has 2 rings (SSSR count). The quantitative estimate of drug-likeness (QED) is 0.877. The van der Waals surface area contributed by atoms with E-state index in [0.717, 1.165) is 18.0 Å². The van der Waals surface area contributed by atoms with Gasteiger partial charge in [0, 0.05) is 23.4 Å². The second kappa shape index (κ2) is 4.29. The Hall–Kier alpha value is -1.44. The zero-order valence-electron chi connectivity index (χ0n) is 13.0. The highest BCUT2D eigenvalue weighted by Crippen LogP contribution is 2.49. The summed E-state index contributed by atoms with van der Waals surface area (Å²) in [5, 5.41) is 3.30. The monoisotopic (exact) mass is 259 g/mol. The van der Waals surface area contributed by atoms with Crippen LogP contribution in [0.3, 0.4) is 0 Å². The van der Waals surface area contributed by atoms with Crippen molar-refractivity contribution in [2.45, 2.75) is 59.1 Å². The Morgan fingerprint density at radius 3 is 2.42 bits per heavy atom. The van der Waals surface area contributed by atoms with Gasteiger partial charge in [-0.1, -0.05) is 27.4 Å². The normalized spacial score (nSPS) is 16.1. The number of ether oxygens (including phenoxy) is 1. The number of nitrogens with one attached hydrogen (secondary N) is 1. The Balaban J connectivity index is 2.42. The average molecular weight is 259 g/mol. The van der Waals surface area contributed by atoms with Crippen LogP contribution in [-0.4, -0.2) is 0 Å². The van der Waals surface area contributed by atoms with Crippen molar-refractivity contribution in [3.8, 4) is 5.75 Å². The van der Waals surface area contributed by atoms with Gasteiger partial charge in [0.1, 0.15) is 11.4 Å². The largest absolute Gasteiger partial charge is 0.482 e. The topological polar surface area (TPSA) is 21.3 Å². The molecule has 0 saturated heterocycles. The summed E-state index contributed by atoms with van der Waals surface area (Å²) >= 11 is 0. The smallest absolute Gasteiger partial charge is 0.132 e. The first-order chi connectivity index (χ1) is 8.61. The van der Waals surface area contributed by atoms with Crippen LogP contribution in [0, 0.1) is 0 Å². The van der Waals surface area contributed by atoms with Gasteiger partial charge in [0.2, 0.25) is 0 Å². The summed E-state index contributed by atoms with van der Waals surface area (Å²) in [5.74, 6) is 1.08. The highest BCUT2D eigenvalue weighted by molar-refractivity contribution is 5.55. The Morgan fingerprint density at radius 2 is 1.95 bits per heavy atom. The van der Waals surface area contributed by atoms with Crippen LogP contribution in [0.5, 0.6) is 5.75 Å². The van der Waals surface area contributed by atoms with Gasteiger partial charge in [-0.15, -0.1) is 0 Å². The van der Waals surface area contributed by atoms with Crippen LogP contribution in [0.2, 0.25) is 0 Å². The highest BCUT2D eigenvalue weighted by atomic mass is 16.5. The zero-order valence-corrected chi connectivity index (χ0v) is 13.0. The molecular weight excluding hydrogens is 234 g/mol. The molecule has 19 heavy (non-hydrogen) atoms. The Kier molecular flexibility index (Phi) is 3.16. The van der Waals surface area contributed by atoms with E-state index in [0.29, 0.717) is 0 Å². The molecule has 1 aliphatic rings. The zero-order chi connectivity index (χ0) is 14.4. The molecule has 0 saturated carbocycles. The maximum Gasteiger partial charge on any atom is 0.132 e. The minimum atomic E-state index is -0.158. The van der Waals surface area contributed by atoms with Crippen LogP contribution in [0.1, 0.15) is 58.2 Å². The molecule has 2 heteroatoms. The maximum absolute atomic E-state index is 5.97. The van der Waals surface area contributed by atoms with Crippen molar-refractivity contribution < 1.29 is 4.74 Å². The molecule has 0 amide bonds. The van der Waals surface area contributed by atoms with Crippen molar-refractivity contribution >= 4 is 0 Å². The van der Waals surface area contributed by atoms with Crippen LogP contribution >= 0.6 is 0 Å². The van der Waals surface area contributed by atoms with Gasteiger partial charge in [-0.25, -0.2) is 0 Å². The standard InChI is InChI=1S/C17H25NO/c1-11(2)18-10-12-8-13(16(3,4)5)15-14(9-12)17(6,7)19-15/h8-9,18H,1,10H2,2-7H3. The first-order valence-corrected chi connectivity index (χ1v) is 6.87. The number of benzene rings is 1. The van der Waals surface area contributed by atoms with E-state index in [-0.39, 0.29) is 11.0 Å². The molecule has 0 aliphatic carbocycles. The van der Waals surface area contributed by atoms with E-state index in [2.05, 4.69) is 58.6 Å². The van der Waals surface area contributed by atoms with Crippen molar-refractivity contribution in [2.75, 3.05) is 0 Å². The lowest BCUT2D eigenvalue weighted by Gasteiger charge is -2.42. The van der Waals surface area contributed by atoms with Crippen LogP contribution < -0.4 is 10.1 Å². The van der Waals surface area contributed by atoms with E-state index < -0.39 is 0 Å². The molecule has 1 aromatic carbocycles. The lowest BCUT2D eigenvalue weighted by atomic mass is 9.78. The second-order valence-electron chi connectivity index (χ2n) is 7.02. The number of fused-ring (bicyclic) bond motifs is 1. The van der Waals surface area contributed by atoms with Gasteiger partial charge in [-0.2, -0.15) is 0 Å². The van der Waals surface area contributed by atoms with E-state index in [1.165, 1.54) is 16.7 Å². The van der Waals surface area contributed by atoms with Gasteiger partial charge < -0.3 is 10.1 Å². The maximum atomic E-state index is 5.97. The molecule has 0 bridgehead atoms. The van der Waals surface area contributed by atoms with Crippen LogP contribution in [0.4, 0.5) is 0 Å². The molecule has 0 fully saturated rings. The van der Waals surface area contributed by atoms with Crippen molar-refractivity contribution in [2.24, 2.45) is 0 Å². The Labute approximate surface area is 116 Å². The fraction of sp³-hybridized carbons (Fsp3) is 0.529.